The molecule has 1 atom stereocenters. The van der Waals surface area contributed by atoms with Crippen LogP contribution in [0, 0.1) is 23.4 Å². The van der Waals surface area contributed by atoms with E-state index in [1.54, 1.807) is 0 Å². The predicted octanol–water partition coefficient (Wildman–Crippen LogP) is 3.93. The number of hydrogen-bond acceptors (Lipinski definition) is 5. The Morgan fingerprint density at radius 3 is 2.30 bits per heavy atom. The van der Waals surface area contributed by atoms with Crippen molar-refractivity contribution in [3.05, 3.63) is 69.3 Å². The number of aliphatic hydroxyl groups excluding tert-OH is 1. The first kappa shape index (κ1) is 24.1. The van der Waals surface area contributed by atoms with Crippen molar-refractivity contribution < 1.29 is 32.9 Å². The number of nitrogens with one attached hydrogen (secondary N) is 1. The molecule has 2 aromatic carbocycles. The Bertz CT molecular complexity index is 1250. The lowest BCUT2D eigenvalue weighted by atomic mass is 10.0. The maximum atomic E-state index is 14.0. The number of benzene rings is 2. The van der Waals surface area contributed by atoms with Crippen LogP contribution in [0.25, 0.3) is 10.9 Å². The summed E-state index contributed by atoms with van der Waals surface area (Å²) < 4.78 is 48.1. The Balaban J connectivity index is 2.19. The minimum absolute atomic E-state index is 0.0114. The van der Waals surface area contributed by atoms with E-state index in [-0.39, 0.29) is 29.3 Å². The largest absolute Gasteiger partial charge is 0.495 e. The van der Waals surface area contributed by atoms with Gasteiger partial charge in [-0.3, -0.25) is 4.79 Å². The lowest BCUT2D eigenvalue weighted by molar-refractivity contribution is 0.0694. The first-order chi connectivity index (χ1) is 15.6. The van der Waals surface area contributed by atoms with Gasteiger partial charge < -0.3 is 24.8 Å². The van der Waals surface area contributed by atoms with E-state index in [1.165, 1.54) is 30.0 Å². The minimum Gasteiger partial charge on any atom is -0.495 e. The number of ether oxygens (including phenoxy) is 1. The van der Waals surface area contributed by atoms with E-state index in [1.807, 2.05) is 13.8 Å². The highest BCUT2D eigenvalue weighted by Gasteiger charge is 2.23. The van der Waals surface area contributed by atoms with E-state index in [2.05, 4.69) is 5.32 Å². The molecule has 0 radical (unpaired) electrons. The number of carboxylic acid groups (broad SMARTS) is 1. The monoisotopic (exact) mass is 464 g/mol. The van der Waals surface area contributed by atoms with Gasteiger partial charge in [0.05, 0.1) is 31.0 Å². The fourth-order valence-corrected chi connectivity index (χ4v) is 3.66. The van der Waals surface area contributed by atoms with Gasteiger partial charge in [-0.15, -0.1) is 0 Å². The van der Waals surface area contributed by atoms with Gasteiger partial charge in [-0.25, -0.2) is 18.0 Å². The number of halogens is 3. The van der Waals surface area contributed by atoms with Crippen LogP contribution in [0.3, 0.4) is 0 Å². The van der Waals surface area contributed by atoms with Gasteiger partial charge in [-0.05, 0) is 12.0 Å². The standard InChI is InChI=1S/C23H23F3N2O5/c1-11(2)20(10-29)28-9-15(23(31)32)22(30)13-6-18(21(33-3)7-19(13)28)27-8-14-16(25)4-12(24)5-17(14)26/h4-7,9,11,20,27,29H,8,10H2,1-3H3,(H,31,32)/t20-/m1/s1. The van der Waals surface area contributed by atoms with E-state index in [9.17, 15) is 33.0 Å². The number of aromatic carboxylic acids is 1. The van der Waals surface area contributed by atoms with E-state index in [0.717, 1.165) is 0 Å². The molecule has 0 aliphatic carbocycles. The quantitative estimate of drug-likeness (QED) is 0.467. The van der Waals surface area contributed by atoms with Gasteiger partial charge in [0, 0.05) is 41.9 Å². The molecule has 3 N–H and O–H groups in total. The molecular formula is C23H23F3N2O5. The van der Waals surface area contributed by atoms with Crippen molar-refractivity contribution >= 4 is 22.6 Å². The Morgan fingerprint density at radius 2 is 1.79 bits per heavy atom. The van der Waals surface area contributed by atoms with Crippen molar-refractivity contribution in [2.45, 2.75) is 26.4 Å². The van der Waals surface area contributed by atoms with Gasteiger partial charge in [0.1, 0.15) is 28.8 Å². The molecule has 7 nitrogen and oxygen atoms in total. The average Bonchev–Trinajstić information content (AvgIpc) is 2.74. The highest BCUT2D eigenvalue weighted by molar-refractivity contribution is 5.94. The number of pyridine rings is 1. The van der Waals surface area contributed by atoms with E-state index >= 15 is 0 Å². The topological polar surface area (TPSA) is 101 Å². The highest BCUT2D eigenvalue weighted by atomic mass is 19.1. The van der Waals surface area contributed by atoms with Gasteiger partial charge in [0.15, 0.2) is 0 Å². The number of fused-ring (bicyclic) bond motifs is 1. The molecule has 3 rings (SSSR count). The van der Waals surface area contributed by atoms with Crippen molar-refractivity contribution in [1.82, 2.24) is 4.57 Å². The average molecular weight is 464 g/mol. The van der Waals surface area contributed by atoms with Gasteiger partial charge >= 0.3 is 5.97 Å². The maximum absolute atomic E-state index is 14.0. The van der Waals surface area contributed by atoms with Crippen molar-refractivity contribution in [2.75, 3.05) is 19.0 Å². The molecule has 0 bridgehead atoms. The second-order valence-corrected chi connectivity index (χ2v) is 7.85. The number of rotatable bonds is 8. The molecule has 0 spiro atoms. The molecule has 0 aliphatic heterocycles. The minimum atomic E-state index is -1.43. The molecule has 33 heavy (non-hydrogen) atoms. The summed E-state index contributed by atoms with van der Waals surface area (Å²) in [4.78, 5) is 24.6. The summed E-state index contributed by atoms with van der Waals surface area (Å²) in [6.45, 7) is 2.98. The number of anilines is 1. The Kier molecular flexibility index (Phi) is 6.97. The molecule has 3 aromatic rings. The van der Waals surface area contributed by atoms with Crippen molar-refractivity contribution in [3.8, 4) is 5.75 Å². The fraction of sp³-hybridized carbons (Fsp3) is 0.304. The van der Waals surface area contributed by atoms with Gasteiger partial charge in [0.25, 0.3) is 0 Å². The number of aliphatic hydroxyl groups is 1. The van der Waals surface area contributed by atoms with Crippen LogP contribution < -0.4 is 15.5 Å². The predicted molar refractivity (Wildman–Crippen MR) is 116 cm³/mol. The van der Waals surface area contributed by atoms with Crippen LogP contribution in [0.2, 0.25) is 0 Å². The highest BCUT2D eigenvalue weighted by Crippen LogP contribution is 2.32. The molecule has 0 aliphatic rings. The third-order valence-corrected chi connectivity index (χ3v) is 5.46. The molecule has 0 saturated carbocycles. The number of carbonyl (C=O) groups is 1. The first-order valence-corrected chi connectivity index (χ1v) is 10.1. The van der Waals surface area contributed by atoms with Crippen LogP contribution in [-0.4, -0.2) is 34.5 Å². The van der Waals surface area contributed by atoms with Gasteiger partial charge in [0.2, 0.25) is 5.43 Å². The molecule has 0 amide bonds. The first-order valence-electron chi connectivity index (χ1n) is 10.1. The number of methoxy groups -OCH3 is 1. The van der Waals surface area contributed by atoms with E-state index in [0.29, 0.717) is 17.6 Å². The SMILES string of the molecule is COc1cc2c(cc1NCc1c(F)cc(F)cc1F)c(=O)c(C(=O)O)cn2[C@H](CO)C(C)C. The number of nitrogens with zero attached hydrogens (tertiary/aromatic N) is 1. The van der Waals surface area contributed by atoms with Crippen LogP contribution in [0.5, 0.6) is 5.75 Å². The molecule has 0 unspecified atom stereocenters. The number of hydrogen-bond donors (Lipinski definition) is 3. The van der Waals surface area contributed by atoms with Crippen LogP contribution in [0.4, 0.5) is 18.9 Å². The summed E-state index contributed by atoms with van der Waals surface area (Å²) in [5.74, 6) is -4.55. The molecule has 10 heteroatoms. The van der Waals surface area contributed by atoms with Crippen LogP contribution in [0.1, 0.15) is 35.8 Å². The van der Waals surface area contributed by atoms with Crippen molar-refractivity contribution in [1.29, 1.82) is 0 Å². The zero-order valence-corrected chi connectivity index (χ0v) is 18.2. The van der Waals surface area contributed by atoms with E-state index < -0.39 is 52.6 Å². The molecule has 1 heterocycles. The normalized spacial score (nSPS) is 12.2. The number of carboxylic acids is 1. The Morgan fingerprint density at radius 1 is 1.15 bits per heavy atom. The zero-order chi connectivity index (χ0) is 24.4. The van der Waals surface area contributed by atoms with E-state index in [4.69, 9.17) is 4.74 Å². The molecule has 176 valence electrons. The van der Waals surface area contributed by atoms with Crippen LogP contribution >= 0.6 is 0 Å². The summed E-state index contributed by atoms with van der Waals surface area (Å²) in [5, 5.41) is 22.2. The molecule has 0 fully saturated rings. The summed E-state index contributed by atoms with van der Waals surface area (Å²) in [7, 11) is 1.35. The fourth-order valence-electron chi connectivity index (χ4n) is 3.66. The lowest BCUT2D eigenvalue weighted by Crippen LogP contribution is -2.25. The second kappa shape index (κ2) is 9.53. The summed E-state index contributed by atoms with van der Waals surface area (Å²) >= 11 is 0. The molecule has 0 saturated heterocycles. The summed E-state index contributed by atoms with van der Waals surface area (Å²) in [6, 6.07) is 3.38. The smallest absolute Gasteiger partial charge is 0.341 e. The second-order valence-electron chi connectivity index (χ2n) is 7.85. The summed E-state index contributed by atoms with van der Waals surface area (Å²) in [6.07, 6.45) is 1.18. The lowest BCUT2D eigenvalue weighted by Gasteiger charge is -2.25. The van der Waals surface area contributed by atoms with Gasteiger partial charge in [-0.2, -0.15) is 0 Å². The zero-order valence-electron chi connectivity index (χ0n) is 18.2. The third kappa shape index (κ3) is 4.65. The maximum Gasteiger partial charge on any atom is 0.341 e. The van der Waals surface area contributed by atoms with Crippen molar-refractivity contribution in [2.24, 2.45) is 5.92 Å². The Labute approximate surface area is 187 Å². The molecule has 1 aromatic heterocycles. The number of aromatic nitrogens is 1. The van der Waals surface area contributed by atoms with Crippen molar-refractivity contribution in [3.63, 3.8) is 0 Å². The Hall–Kier alpha value is -3.53. The third-order valence-electron chi connectivity index (χ3n) is 5.46. The van der Waals surface area contributed by atoms with Gasteiger partial charge in [-0.1, -0.05) is 13.8 Å². The van der Waals surface area contributed by atoms with Crippen LogP contribution in [-0.2, 0) is 6.54 Å². The summed E-state index contributed by atoms with van der Waals surface area (Å²) in [5.41, 5.74) is -1.19. The molecular weight excluding hydrogens is 441 g/mol. The van der Waals surface area contributed by atoms with Crippen LogP contribution in [0.15, 0.2) is 35.3 Å².